The Morgan fingerprint density at radius 3 is 2.68 bits per heavy atom. The van der Waals surface area contributed by atoms with Crippen LogP contribution in [0, 0.1) is 5.92 Å². The maximum absolute atomic E-state index is 12.0. The Morgan fingerprint density at radius 1 is 1.27 bits per heavy atom. The summed E-state index contributed by atoms with van der Waals surface area (Å²) in [6, 6.07) is 8.31. The standard InChI is InChI=1S/C13H19N5O2S2/c1-11(2)10-18-13(15-16-17-18)21-9-8-14-22(19,20)12-6-4-3-5-7-12/h3-7,11,14H,8-10H2,1-2H3. The van der Waals surface area contributed by atoms with Crippen molar-refractivity contribution in [1.29, 1.82) is 0 Å². The van der Waals surface area contributed by atoms with Crippen LogP contribution < -0.4 is 4.72 Å². The predicted octanol–water partition coefficient (Wildman–Crippen LogP) is 1.40. The fourth-order valence-electron chi connectivity index (χ4n) is 1.76. The fourth-order valence-corrected chi connectivity index (χ4v) is 3.68. The van der Waals surface area contributed by atoms with E-state index >= 15 is 0 Å². The molecule has 0 unspecified atom stereocenters. The van der Waals surface area contributed by atoms with Crippen molar-refractivity contribution in [2.75, 3.05) is 12.3 Å². The highest BCUT2D eigenvalue weighted by Crippen LogP contribution is 2.14. The molecule has 0 aliphatic rings. The summed E-state index contributed by atoms with van der Waals surface area (Å²) < 4.78 is 28.4. The average Bonchev–Trinajstić information content (AvgIpc) is 2.91. The molecule has 1 N–H and O–H groups in total. The van der Waals surface area contributed by atoms with E-state index < -0.39 is 10.0 Å². The molecule has 1 heterocycles. The van der Waals surface area contributed by atoms with E-state index in [1.54, 1.807) is 35.0 Å². The highest BCUT2D eigenvalue weighted by atomic mass is 32.2. The van der Waals surface area contributed by atoms with Crippen LogP contribution in [0.2, 0.25) is 0 Å². The molecule has 0 aliphatic carbocycles. The molecule has 1 aromatic carbocycles. The maximum atomic E-state index is 12.0. The molecule has 2 rings (SSSR count). The summed E-state index contributed by atoms with van der Waals surface area (Å²) in [5.41, 5.74) is 0. The summed E-state index contributed by atoms with van der Waals surface area (Å²) in [5.74, 6) is 1.00. The minimum atomic E-state index is -3.45. The van der Waals surface area contributed by atoms with Gasteiger partial charge in [0, 0.05) is 18.8 Å². The van der Waals surface area contributed by atoms with Gasteiger partial charge in [-0.1, -0.05) is 43.8 Å². The van der Waals surface area contributed by atoms with Crippen molar-refractivity contribution in [3.8, 4) is 0 Å². The number of hydrogen-bond donors (Lipinski definition) is 1. The number of tetrazole rings is 1. The number of aromatic nitrogens is 4. The van der Waals surface area contributed by atoms with Crippen LogP contribution in [-0.2, 0) is 16.6 Å². The molecule has 0 saturated carbocycles. The van der Waals surface area contributed by atoms with Gasteiger partial charge in [-0.25, -0.2) is 17.8 Å². The maximum Gasteiger partial charge on any atom is 0.240 e. The number of nitrogens with zero attached hydrogens (tertiary/aromatic N) is 4. The molecule has 0 spiro atoms. The molecular weight excluding hydrogens is 322 g/mol. The van der Waals surface area contributed by atoms with E-state index in [4.69, 9.17) is 0 Å². The predicted molar refractivity (Wildman–Crippen MR) is 85.0 cm³/mol. The molecule has 120 valence electrons. The molecule has 0 atom stereocenters. The van der Waals surface area contributed by atoms with Gasteiger partial charge < -0.3 is 0 Å². The molecule has 22 heavy (non-hydrogen) atoms. The van der Waals surface area contributed by atoms with E-state index in [1.807, 2.05) is 0 Å². The van der Waals surface area contributed by atoms with E-state index in [1.165, 1.54) is 11.8 Å². The lowest BCUT2D eigenvalue weighted by Gasteiger charge is -2.08. The van der Waals surface area contributed by atoms with Crippen LogP contribution >= 0.6 is 11.8 Å². The second kappa shape index (κ2) is 7.70. The molecule has 9 heteroatoms. The van der Waals surface area contributed by atoms with Crippen LogP contribution in [0.25, 0.3) is 0 Å². The molecule has 7 nitrogen and oxygen atoms in total. The normalized spacial score (nSPS) is 12.0. The lowest BCUT2D eigenvalue weighted by molar-refractivity contribution is 0.446. The number of nitrogens with one attached hydrogen (secondary N) is 1. The summed E-state index contributed by atoms with van der Waals surface area (Å²) in [6.07, 6.45) is 0. The zero-order valence-electron chi connectivity index (χ0n) is 12.5. The number of benzene rings is 1. The van der Waals surface area contributed by atoms with Crippen LogP contribution in [0.1, 0.15) is 13.8 Å². The Labute approximate surface area is 134 Å². The lowest BCUT2D eigenvalue weighted by Crippen LogP contribution is -2.26. The highest BCUT2D eigenvalue weighted by molar-refractivity contribution is 7.99. The van der Waals surface area contributed by atoms with Gasteiger partial charge in [0.25, 0.3) is 0 Å². The van der Waals surface area contributed by atoms with Crippen LogP contribution in [0.4, 0.5) is 0 Å². The molecule has 1 aromatic heterocycles. The van der Waals surface area contributed by atoms with Gasteiger partial charge in [-0.3, -0.25) is 0 Å². The van der Waals surface area contributed by atoms with Crippen molar-refractivity contribution in [3.63, 3.8) is 0 Å². The van der Waals surface area contributed by atoms with Gasteiger partial charge >= 0.3 is 0 Å². The van der Waals surface area contributed by atoms with E-state index in [9.17, 15) is 8.42 Å². The molecule has 0 bridgehead atoms. The third kappa shape index (κ3) is 4.79. The average molecular weight is 341 g/mol. The van der Waals surface area contributed by atoms with Gasteiger partial charge in [-0.05, 0) is 28.5 Å². The second-order valence-electron chi connectivity index (χ2n) is 5.10. The first-order valence-electron chi connectivity index (χ1n) is 6.93. The van der Waals surface area contributed by atoms with Gasteiger partial charge in [-0.15, -0.1) is 5.10 Å². The Kier molecular flexibility index (Phi) is 5.92. The monoisotopic (exact) mass is 341 g/mol. The van der Waals surface area contributed by atoms with Crippen molar-refractivity contribution >= 4 is 21.8 Å². The molecule has 2 aromatic rings. The number of hydrogen-bond acceptors (Lipinski definition) is 6. The molecule has 0 amide bonds. The lowest BCUT2D eigenvalue weighted by atomic mass is 10.2. The summed E-state index contributed by atoms with van der Waals surface area (Å²) in [4.78, 5) is 0.268. The first-order chi connectivity index (χ1) is 10.5. The largest absolute Gasteiger partial charge is 0.240 e. The first kappa shape index (κ1) is 16.9. The Hall–Kier alpha value is -1.45. The number of sulfonamides is 1. The number of thioether (sulfide) groups is 1. The van der Waals surface area contributed by atoms with Crippen LogP contribution in [0.3, 0.4) is 0 Å². The minimum Gasteiger partial charge on any atom is -0.220 e. The van der Waals surface area contributed by atoms with E-state index in [0.29, 0.717) is 23.4 Å². The van der Waals surface area contributed by atoms with Gasteiger partial charge in [0.05, 0.1) is 4.90 Å². The van der Waals surface area contributed by atoms with Gasteiger partial charge in [0.1, 0.15) is 0 Å². The van der Waals surface area contributed by atoms with E-state index in [0.717, 1.165) is 6.54 Å². The highest BCUT2D eigenvalue weighted by Gasteiger charge is 2.13. The molecule has 0 fully saturated rings. The molecule has 0 saturated heterocycles. The summed E-state index contributed by atoms with van der Waals surface area (Å²) in [5, 5.41) is 12.2. The van der Waals surface area contributed by atoms with E-state index in [2.05, 4.69) is 34.1 Å². The Balaban J connectivity index is 1.84. The third-order valence-electron chi connectivity index (χ3n) is 2.72. The van der Waals surface area contributed by atoms with Crippen molar-refractivity contribution < 1.29 is 8.42 Å². The smallest absolute Gasteiger partial charge is 0.220 e. The Morgan fingerprint density at radius 2 is 2.00 bits per heavy atom. The first-order valence-corrected chi connectivity index (χ1v) is 9.39. The summed E-state index contributed by atoms with van der Waals surface area (Å²) in [6.45, 7) is 5.23. The van der Waals surface area contributed by atoms with Crippen molar-refractivity contribution in [1.82, 2.24) is 24.9 Å². The van der Waals surface area contributed by atoms with Crippen molar-refractivity contribution in [3.05, 3.63) is 30.3 Å². The van der Waals surface area contributed by atoms with Gasteiger partial charge in [0.2, 0.25) is 15.2 Å². The van der Waals surface area contributed by atoms with Crippen LogP contribution in [-0.4, -0.2) is 40.9 Å². The second-order valence-corrected chi connectivity index (χ2v) is 7.93. The molecule has 0 aliphatic heterocycles. The van der Waals surface area contributed by atoms with Crippen LogP contribution in [0.15, 0.2) is 40.4 Å². The molecular formula is C13H19N5O2S2. The molecule has 0 radical (unpaired) electrons. The number of rotatable bonds is 8. The van der Waals surface area contributed by atoms with Crippen molar-refractivity contribution in [2.24, 2.45) is 5.92 Å². The minimum absolute atomic E-state index is 0.268. The van der Waals surface area contributed by atoms with E-state index in [-0.39, 0.29) is 4.90 Å². The van der Waals surface area contributed by atoms with Crippen LogP contribution in [0.5, 0.6) is 0 Å². The zero-order valence-corrected chi connectivity index (χ0v) is 14.1. The zero-order chi connectivity index (χ0) is 16.0. The van der Waals surface area contributed by atoms with Gasteiger partial charge in [-0.2, -0.15) is 0 Å². The van der Waals surface area contributed by atoms with Gasteiger partial charge in [0.15, 0.2) is 0 Å². The Bertz CT molecular complexity index is 685. The summed E-state index contributed by atoms with van der Waals surface area (Å²) in [7, 11) is -3.45. The fraction of sp³-hybridized carbons (Fsp3) is 0.462. The quantitative estimate of drug-likeness (QED) is 0.576. The SMILES string of the molecule is CC(C)Cn1nnnc1SCCNS(=O)(=O)c1ccccc1. The third-order valence-corrected chi connectivity index (χ3v) is 5.15. The summed E-state index contributed by atoms with van der Waals surface area (Å²) >= 11 is 1.43. The topological polar surface area (TPSA) is 89.8 Å². The van der Waals surface area contributed by atoms with Crippen molar-refractivity contribution in [2.45, 2.75) is 30.4 Å².